The van der Waals surface area contributed by atoms with Gasteiger partial charge in [0.2, 0.25) is 10.0 Å². The molecular weight excluding hydrogens is 390 g/mol. The number of hydrogen-bond acceptors (Lipinski definition) is 4. The van der Waals surface area contributed by atoms with Gasteiger partial charge in [-0.05, 0) is 47.0 Å². The van der Waals surface area contributed by atoms with Gasteiger partial charge in [-0.3, -0.25) is 4.72 Å². The van der Waals surface area contributed by atoms with E-state index >= 15 is 0 Å². The van der Waals surface area contributed by atoms with Crippen molar-refractivity contribution in [1.29, 1.82) is 0 Å². The Morgan fingerprint density at radius 1 is 1.25 bits per heavy atom. The summed E-state index contributed by atoms with van der Waals surface area (Å²) in [6, 6.07) is 4.78. The molecule has 2 rings (SSSR count). The Kier molecular flexibility index (Phi) is 4.68. The predicted molar refractivity (Wildman–Crippen MR) is 83.4 cm³/mol. The van der Waals surface area contributed by atoms with Gasteiger partial charge >= 0.3 is 0 Å². The number of sulfonamides is 1. The smallest absolute Gasteiger partial charge is 0.235 e. The number of halogens is 2. The number of benzene rings is 1. The molecule has 0 atom stereocenters. The molecule has 0 spiro atoms. The zero-order valence-electron chi connectivity index (χ0n) is 10.3. The van der Waals surface area contributed by atoms with Crippen LogP contribution in [0.3, 0.4) is 0 Å². The minimum Gasteiger partial charge on any atom is -0.282 e. The van der Waals surface area contributed by atoms with Gasteiger partial charge in [0.15, 0.2) is 0 Å². The third kappa shape index (κ3) is 3.87. The van der Waals surface area contributed by atoms with Gasteiger partial charge in [-0.15, -0.1) is 0 Å². The molecule has 1 aromatic rings. The van der Waals surface area contributed by atoms with Crippen molar-refractivity contribution in [3.05, 3.63) is 27.7 Å². The van der Waals surface area contributed by atoms with Crippen LogP contribution in [0, 0.1) is 0 Å². The van der Waals surface area contributed by atoms with Crippen molar-refractivity contribution in [3.8, 4) is 0 Å². The minimum absolute atomic E-state index is 0.0880. The predicted octanol–water partition coefficient (Wildman–Crippen LogP) is 2.42. The Balaban J connectivity index is 2.18. The molecule has 1 N–H and O–H groups in total. The Morgan fingerprint density at radius 2 is 1.85 bits per heavy atom. The molecule has 1 aliphatic rings. The maximum atomic E-state index is 12.3. The number of hydrogen-bond donors (Lipinski definition) is 1. The first-order chi connectivity index (χ1) is 9.20. The molecule has 0 unspecified atom stereocenters. The lowest BCUT2D eigenvalue weighted by molar-refractivity contribution is 0.555. The molecule has 9 heteroatoms. The van der Waals surface area contributed by atoms with E-state index < -0.39 is 25.1 Å². The summed E-state index contributed by atoms with van der Waals surface area (Å²) in [5.41, 5.74) is 0.353. The minimum atomic E-state index is -3.63. The second-order valence-corrected chi connectivity index (χ2v) is 10.2. The average Bonchev–Trinajstić information content (AvgIpc) is 2.33. The molecule has 112 valence electrons. The zero-order chi connectivity index (χ0) is 15.0. The van der Waals surface area contributed by atoms with Gasteiger partial charge in [-0.25, -0.2) is 16.8 Å². The van der Waals surface area contributed by atoms with Crippen LogP contribution in [0.4, 0.5) is 5.69 Å². The molecule has 1 heterocycles. The van der Waals surface area contributed by atoms with E-state index in [2.05, 4.69) is 20.7 Å². The highest BCUT2D eigenvalue weighted by atomic mass is 79.9. The summed E-state index contributed by atoms with van der Waals surface area (Å²) in [6.45, 7) is 0. The summed E-state index contributed by atoms with van der Waals surface area (Å²) in [4.78, 5) is 0. The van der Waals surface area contributed by atoms with Crippen LogP contribution in [0.25, 0.3) is 0 Å². The highest BCUT2D eigenvalue weighted by Crippen LogP contribution is 2.29. The van der Waals surface area contributed by atoms with Crippen LogP contribution in [-0.4, -0.2) is 33.6 Å². The molecule has 0 radical (unpaired) electrons. The van der Waals surface area contributed by atoms with E-state index in [-0.39, 0.29) is 24.3 Å². The Morgan fingerprint density at radius 3 is 2.45 bits per heavy atom. The van der Waals surface area contributed by atoms with Gasteiger partial charge in [0.1, 0.15) is 9.84 Å². The second-order valence-electron chi connectivity index (χ2n) is 4.62. The molecule has 0 aliphatic carbocycles. The molecule has 1 fully saturated rings. The first kappa shape index (κ1) is 16.1. The topological polar surface area (TPSA) is 80.3 Å². The molecule has 0 bridgehead atoms. The fourth-order valence-electron chi connectivity index (χ4n) is 1.99. The molecule has 0 saturated carbocycles. The zero-order valence-corrected chi connectivity index (χ0v) is 14.3. The lowest BCUT2D eigenvalue weighted by Gasteiger charge is -2.23. The fraction of sp³-hybridized carbons (Fsp3) is 0.455. The van der Waals surface area contributed by atoms with Crippen LogP contribution in [0.1, 0.15) is 12.8 Å². The van der Waals surface area contributed by atoms with E-state index in [9.17, 15) is 16.8 Å². The molecule has 0 aromatic heterocycles. The normalized spacial score (nSPS) is 19.7. The highest BCUT2D eigenvalue weighted by Gasteiger charge is 2.33. The standard InChI is InChI=1S/C11H13BrClNO4S2/c12-10-2-1-8(13)7-11(10)14-20(17,18)9-3-5-19(15,16)6-4-9/h1-2,7,9,14H,3-6H2. The number of nitrogens with one attached hydrogen (secondary N) is 1. The maximum absolute atomic E-state index is 12.3. The number of rotatable bonds is 3. The van der Waals surface area contributed by atoms with Gasteiger partial charge in [-0.2, -0.15) is 0 Å². The van der Waals surface area contributed by atoms with Crippen LogP contribution in [0.15, 0.2) is 22.7 Å². The van der Waals surface area contributed by atoms with Crippen LogP contribution >= 0.6 is 27.5 Å². The van der Waals surface area contributed by atoms with Crippen molar-refractivity contribution >= 4 is 53.1 Å². The Hall–Kier alpha value is -0.310. The molecule has 20 heavy (non-hydrogen) atoms. The first-order valence-electron chi connectivity index (χ1n) is 5.87. The van der Waals surface area contributed by atoms with Crippen molar-refractivity contribution in [1.82, 2.24) is 0 Å². The number of sulfone groups is 1. The van der Waals surface area contributed by atoms with E-state index in [1.165, 1.54) is 6.07 Å². The lowest BCUT2D eigenvalue weighted by Crippen LogP contribution is -2.36. The molecule has 1 aliphatic heterocycles. The highest BCUT2D eigenvalue weighted by molar-refractivity contribution is 9.10. The van der Waals surface area contributed by atoms with Crippen molar-refractivity contribution in [3.63, 3.8) is 0 Å². The molecular formula is C11H13BrClNO4S2. The van der Waals surface area contributed by atoms with E-state index in [0.717, 1.165) is 0 Å². The average molecular weight is 403 g/mol. The van der Waals surface area contributed by atoms with Gasteiger partial charge < -0.3 is 0 Å². The van der Waals surface area contributed by atoms with Crippen LogP contribution in [-0.2, 0) is 19.9 Å². The third-order valence-electron chi connectivity index (χ3n) is 3.12. The second kappa shape index (κ2) is 5.82. The lowest BCUT2D eigenvalue weighted by atomic mass is 10.2. The van der Waals surface area contributed by atoms with Gasteiger partial charge in [-0.1, -0.05) is 11.6 Å². The van der Waals surface area contributed by atoms with E-state index in [1.54, 1.807) is 12.1 Å². The van der Waals surface area contributed by atoms with Crippen LogP contribution < -0.4 is 4.72 Å². The van der Waals surface area contributed by atoms with E-state index in [1.807, 2.05) is 0 Å². The summed E-state index contributed by atoms with van der Waals surface area (Å²) in [7, 11) is -6.72. The summed E-state index contributed by atoms with van der Waals surface area (Å²) >= 11 is 9.08. The summed E-state index contributed by atoms with van der Waals surface area (Å²) in [6.07, 6.45) is 0.242. The van der Waals surface area contributed by atoms with Crippen molar-refractivity contribution < 1.29 is 16.8 Å². The SMILES string of the molecule is O=S1(=O)CCC(S(=O)(=O)Nc2cc(Cl)ccc2Br)CC1. The van der Waals surface area contributed by atoms with E-state index in [4.69, 9.17) is 11.6 Å². The summed E-state index contributed by atoms with van der Waals surface area (Å²) in [5, 5.41) is -0.283. The molecule has 1 aromatic carbocycles. The van der Waals surface area contributed by atoms with Crippen LogP contribution in [0.2, 0.25) is 5.02 Å². The molecule has 5 nitrogen and oxygen atoms in total. The van der Waals surface area contributed by atoms with Gasteiger partial charge in [0, 0.05) is 9.50 Å². The third-order valence-corrected chi connectivity index (χ3v) is 7.62. The molecule has 0 amide bonds. The monoisotopic (exact) mass is 401 g/mol. The molecule has 1 saturated heterocycles. The maximum Gasteiger partial charge on any atom is 0.235 e. The Labute approximate surface area is 131 Å². The van der Waals surface area contributed by atoms with Crippen molar-refractivity contribution in [2.24, 2.45) is 0 Å². The van der Waals surface area contributed by atoms with Crippen LogP contribution in [0.5, 0.6) is 0 Å². The summed E-state index contributed by atoms with van der Waals surface area (Å²) < 4.78 is 50.2. The quantitative estimate of drug-likeness (QED) is 0.842. The van der Waals surface area contributed by atoms with Gasteiger partial charge in [0.05, 0.1) is 22.4 Å². The van der Waals surface area contributed by atoms with Gasteiger partial charge in [0.25, 0.3) is 0 Å². The fourth-order valence-corrected chi connectivity index (χ4v) is 5.93. The van der Waals surface area contributed by atoms with Crippen molar-refractivity contribution in [2.75, 3.05) is 16.2 Å². The first-order valence-corrected chi connectivity index (χ1v) is 10.4. The largest absolute Gasteiger partial charge is 0.282 e. The van der Waals surface area contributed by atoms with E-state index in [0.29, 0.717) is 15.2 Å². The van der Waals surface area contributed by atoms with Crippen molar-refractivity contribution in [2.45, 2.75) is 18.1 Å². The Bertz CT molecular complexity index is 704. The summed E-state index contributed by atoms with van der Waals surface area (Å²) in [5.74, 6) is -0.176. The number of anilines is 1.